The van der Waals surface area contributed by atoms with E-state index >= 15 is 0 Å². The Balaban J connectivity index is 4.22. The molecule has 0 saturated heterocycles. The van der Waals surface area contributed by atoms with Gasteiger partial charge in [-0.25, -0.2) is 0 Å². The Morgan fingerprint density at radius 3 is 2.25 bits per heavy atom. The van der Waals surface area contributed by atoms with Crippen molar-refractivity contribution in [2.45, 2.75) is 52.6 Å². The first-order valence-corrected chi connectivity index (χ1v) is 6.42. The molecule has 0 aromatic heterocycles. The van der Waals surface area contributed by atoms with Crippen molar-refractivity contribution in [2.24, 2.45) is 0 Å². The molecule has 0 heterocycles. The lowest BCUT2D eigenvalue weighted by atomic mass is 10.1. The quantitative estimate of drug-likeness (QED) is 0.691. The summed E-state index contributed by atoms with van der Waals surface area (Å²) in [4.78, 5) is 2.49. The molecule has 0 rings (SSSR count). The van der Waals surface area contributed by atoms with Gasteiger partial charge in [0.15, 0.2) is 0 Å². The van der Waals surface area contributed by atoms with Crippen LogP contribution in [0.5, 0.6) is 0 Å². The third-order valence-corrected chi connectivity index (χ3v) is 2.66. The molecule has 16 heavy (non-hydrogen) atoms. The molecule has 0 fully saturated rings. The van der Waals surface area contributed by atoms with Crippen LogP contribution in [0.3, 0.4) is 0 Å². The molecule has 98 valence electrons. The van der Waals surface area contributed by atoms with E-state index in [0.717, 1.165) is 26.2 Å². The summed E-state index contributed by atoms with van der Waals surface area (Å²) < 4.78 is 5.32. The van der Waals surface area contributed by atoms with Crippen LogP contribution in [-0.2, 0) is 4.74 Å². The van der Waals surface area contributed by atoms with Gasteiger partial charge in [-0.3, -0.25) is 4.90 Å². The Morgan fingerprint density at radius 2 is 1.88 bits per heavy atom. The van der Waals surface area contributed by atoms with Gasteiger partial charge in [-0.1, -0.05) is 13.8 Å². The highest BCUT2D eigenvalue weighted by Crippen LogP contribution is 2.04. The first-order chi connectivity index (χ1) is 7.44. The summed E-state index contributed by atoms with van der Waals surface area (Å²) in [6.07, 6.45) is 1.20. The molecule has 1 unspecified atom stereocenters. The lowest BCUT2D eigenvalue weighted by Crippen LogP contribution is -2.49. The molecular weight excluding hydrogens is 200 g/mol. The molecule has 0 spiro atoms. The van der Waals surface area contributed by atoms with Crippen LogP contribution in [0.15, 0.2) is 0 Å². The predicted octanol–water partition coefficient (Wildman–Crippen LogP) is 2.12. The topological polar surface area (TPSA) is 24.5 Å². The Labute approximate surface area is 102 Å². The Kier molecular flexibility index (Phi) is 7.98. The molecule has 0 aromatic rings. The van der Waals surface area contributed by atoms with Crippen molar-refractivity contribution in [3.63, 3.8) is 0 Å². The molecule has 0 aromatic carbocycles. The van der Waals surface area contributed by atoms with Gasteiger partial charge in [0.1, 0.15) is 0 Å². The largest absolute Gasteiger partial charge is 0.383 e. The van der Waals surface area contributed by atoms with Crippen LogP contribution in [0.2, 0.25) is 0 Å². The van der Waals surface area contributed by atoms with Crippen LogP contribution in [0.25, 0.3) is 0 Å². The fraction of sp³-hybridized carbons (Fsp3) is 1.00. The SMILES string of the molecule is CCCN(CC)C(CNC(C)(C)C)COC. The summed E-state index contributed by atoms with van der Waals surface area (Å²) in [7, 11) is 1.78. The van der Waals surface area contributed by atoms with Crippen molar-refractivity contribution in [3.8, 4) is 0 Å². The molecule has 0 aliphatic heterocycles. The minimum absolute atomic E-state index is 0.178. The zero-order chi connectivity index (χ0) is 12.6. The normalized spacial score (nSPS) is 14.4. The standard InChI is InChI=1S/C13H30N2O/c1-7-9-15(8-2)12(11-16-6)10-14-13(3,4)5/h12,14H,7-11H2,1-6H3. The van der Waals surface area contributed by atoms with Crippen LogP contribution in [0, 0.1) is 0 Å². The van der Waals surface area contributed by atoms with Gasteiger partial charge in [-0.05, 0) is 40.3 Å². The summed E-state index contributed by atoms with van der Waals surface area (Å²) in [5, 5.41) is 3.56. The van der Waals surface area contributed by atoms with Crippen LogP contribution in [0.4, 0.5) is 0 Å². The van der Waals surface area contributed by atoms with Gasteiger partial charge in [0.05, 0.1) is 6.61 Å². The van der Waals surface area contributed by atoms with E-state index in [9.17, 15) is 0 Å². The number of hydrogen-bond donors (Lipinski definition) is 1. The maximum absolute atomic E-state index is 5.32. The second kappa shape index (κ2) is 8.04. The minimum atomic E-state index is 0.178. The molecule has 3 heteroatoms. The highest BCUT2D eigenvalue weighted by molar-refractivity contribution is 4.78. The van der Waals surface area contributed by atoms with Gasteiger partial charge in [0.25, 0.3) is 0 Å². The van der Waals surface area contributed by atoms with Crippen LogP contribution < -0.4 is 5.32 Å². The Hall–Kier alpha value is -0.120. The first-order valence-electron chi connectivity index (χ1n) is 6.42. The maximum Gasteiger partial charge on any atom is 0.0630 e. The highest BCUT2D eigenvalue weighted by atomic mass is 16.5. The van der Waals surface area contributed by atoms with Crippen molar-refractivity contribution < 1.29 is 4.74 Å². The van der Waals surface area contributed by atoms with Crippen molar-refractivity contribution in [1.29, 1.82) is 0 Å². The van der Waals surface area contributed by atoms with Crippen LogP contribution in [-0.4, -0.2) is 49.8 Å². The minimum Gasteiger partial charge on any atom is -0.383 e. The number of methoxy groups -OCH3 is 1. The molecule has 3 nitrogen and oxygen atoms in total. The monoisotopic (exact) mass is 230 g/mol. The zero-order valence-electron chi connectivity index (χ0n) is 12.0. The third kappa shape index (κ3) is 7.20. The molecular formula is C13H30N2O. The lowest BCUT2D eigenvalue weighted by Gasteiger charge is -2.33. The third-order valence-electron chi connectivity index (χ3n) is 2.66. The Bertz CT molecular complexity index is 166. The molecule has 0 radical (unpaired) electrons. The van der Waals surface area contributed by atoms with Crippen molar-refractivity contribution in [1.82, 2.24) is 10.2 Å². The Morgan fingerprint density at radius 1 is 1.25 bits per heavy atom. The van der Waals surface area contributed by atoms with Gasteiger partial charge in [-0.15, -0.1) is 0 Å². The second-order valence-corrected chi connectivity index (χ2v) is 5.37. The van der Waals surface area contributed by atoms with E-state index in [1.54, 1.807) is 7.11 Å². The number of hydrogen-bond acceptors (Lipinski definition) is 3. The first kappa shape index (κ1) is 15.9. The second-order valence-electron chi connectivity index (χ2n) is 5.37. The van der Waals surface area contributed by atoms with Gasteiger partial charge < -0.3 is 10.1 Å². The number of nitrogens with one attached hydrogen (secondary N) is 1. The maximum atomic E-state index is 5.32. The molecule has 0 bridgehead atoms. The average Bonchev–Trinajstić information content (AvgIpc) is 2.20. The summed E-state index contributed by atoms with van der Waals surface area (Å²) >= 11 is 0. The van der Waals surface area contributed by atoms with Crippen molar-refractivity contribution in [2.75, 3.05) is 33.4 Å². The number of rotatable bonds is 8. The zero-order valence-corrected chi connectivity index (χ0v) is 12.0. The fourth-order valence-corrected chi connectivity index (χ4v) is 1.80. The van der Waals surface area contributed by atoms with E-state index in [0.29, 0.717) is 6.04 Å². The van der Waals surface area contributed by atoms with Gasteiger partial charge in [0, 0.05) is 25.2 Å². The van der Waals surface area contributed by atoms with E-state index in [-0.39, 0.29) is 5.54 Å². The summed E-state index contributed by atoms with van der Waals surface area (Å²) in [5.41, 5.74) is 0.178. The summed E-state index contributed by atoms with van der Waals surface area (Å²) in [6.45, 7) is 15.1. The van der Waals surface area contributed by atoms with Gasteiger partial charge in [0.2, 0.25) is 0 Å². The summed E-state index contributed by atoms with van der Waals surface area (Å²) in [6, 6.07) is 0.481. The number of nitrogens with zero attached hydrogens (tertiary/aromatic N) is 1. The fourth-order valence-electron chi connectivity index (χ4n) is 1.80. The molecule has 0 aliphatic rings. The molecule has 0 aliphatic carbocycles. The van der Waals surface area contributed by atoms with Crippen LogP contribution in [0.1, 0.15) is 41.0 Å². The highest BCUT2D eigenvalue weighted by Gasteiger charge is 2.18. The average molecular weight is 230 g/mol. The molecule has 0 saturated carbocycles. The van der Waals surface area contributed by atoms with Gasteiger partial charge >= 0.3 is 0 Å². The smallest absolute Gasteiger partial charge is 0.0630 e. The van der Waals surface area contributed by atoms with Gasteiger partial charge in [-0.2, -0.15) is 0 Å². The number of likely N-dealkylation sites (N-methyl/N-ethyl adjacent to an activating group) is 1. The van der Waals surface area contributed by atoms with Crippen LogP contribution >= 0.6 is 0 Å². The van der Waals surface area contributed by atoms with E-state index in [1.807, 2.05) is 0 Å². The van der Waals surface area contributed by atoms with Crippen molar-refractivity contribution in [3.05, 3.63) is 0 Å². The van der Waals surface area contributed by atoms with E-state index < -0.39 is 0 Å². The summed E-state index contributed by atoms with van der Waals surface area (Å²) in [5.74, 6) is 0. The van der Waals surface area contributed by atoms with Crippen molar-refractivity contribution >= 4 is 0 Å². The molecule has 1 atom stereocenters. The number of ether oxygens (including phenoxy) is 1. The van der Waals surface area contributed by atoms with E-state index in [2.05, 4.69) is 44.8 Å². The molecule has 0 amide bonds. The van der Waals surface area contributed by atoms with E-state index in [1.165, 1.54) is 6.42 Å². The molecule has 1 N–H and O–H groups in total. The van der Waals surface area contributed by atoms with E-state index in [4.69, 9.17) is 4.74 Å². The lowest BCUT2D eigenvalue weighted by molar-refractivity contribution is 0.0885. The predicted molar refractivity (Wildman–Crippen MR) is 71.0 cm³/mol.